The Morgan fingerprint density at radius 1 is 1.32 bits per heavy atom. The highest BCUT2D eigenvalue weighted by molar-refractivity contribution is 7.89. The van der Waals surface area contributed by atoms with E-state index < -0.39 is 10.0 Å². The summed E-state index contributed by atoms with van der Waals surface area (Å²) in [6.45, 7) is 0.151. The van der Waals surface area contributed by atoms with E-state index in [1.54, 1.807) is 24.5 Å². The van der Waals surface area contributed by atoms with Crippen molar-refractivity contribution in [2.75, 3.05) is 5.73 Å². The molecule has 0 radical (unpaired) electrons. The van der Waals surface area contributed by atoms with E-state index in [1.165, 1.54) is 18.2 Å². The molecule has 0 aliphatic carbocycles. The van der Waals surface area contributed by atoms with Crippen molar-refractivity contribution in [2.45, 2.75) is 11.4 Å². The molecule has 2 rings (SSSR count). The van der Waals surface area contributed by atoms with E-state index in [9.17, 15) is 8.42 Å². The van der Waals surface area contributed by atoms with Crippen LogP contribution >= 0.6 is 11.6 Å². The fraction of sp³-hybridized carbons (Fsp3) is 0.0833. The second kappa shape index (κ2) is 5.56. The standard InChI is InChI=1S/C12H12ClN3O2S/c13-10-3-4-12(11(14)6-10)19(17,18)16-8-9-2-1-5-15-7-9/h1-7,16H,8,14H2. The van der Waals surface area contributed by atoms with Crippen molar-refractivity contribution in [2.24, 2.45) is 0 Å². The van der Waals surface area contributed by atoms with Gasteiger partial charge in [-0.15, -0.1) is 0 Å². The third-order valence-electron chi connectivity index (χ3n) is 2.45. The van der Waals surface area contributed by atoms with Crippen LogP contribution in [0.3, 0.4) is 0 Å². The summed E-state index contributed by atoms with van der Waals surface area (Å²) in [7, 11) is -3.67. The summed E-state index contributed by atoms with van der Waals surface area (Å²) in [5.41, 5.74) is 6.54. The molecule has 0 unspecified atom stereocenters. The van der Waals surface area contributed by atoms with E-state index in [0.29, 0.717) is 5.02 Å². The van der Waals surface area contributed by atoms with Gasteiger partial charge in [-0.05, 0) is 29.8 Å². The lowest BCUT2D eigenvalue weighted by Gasteiger charge is -2.09. The predicted octanol–water partition coefficient (Wildman–Crippen LogP) is 1.80. The molecule has 100 valence electrons. The maximum Gasteiger partial charge on any atom is 0.242 e. The molecular weight excluding hydrogens is 286 g/mol. The van der Waals surface area contributed by atoms with Gasteiger partial charge in [0, 0.05) is 24.0 Å². The van der Waals surface area contributed by atoms with Crippen LogP contribution in [0.15, 0.2) is 47.6 Å². The molecule has 7 heteroatoms. The zero-order valence-electron chi connectivity index (χ0n) is 9.88. The van der Waals surface area contributed by atoms with Crippen molar-refractivity contribution in [3.8, 4) is 0 Å². The average Bonchev–Trinajstić information content (AvgIpc) is 2.37. The SMILES string of the molecule is Nc1cc(Cl)ccc1S(=O)(=O)NCc1cccnc1. The zero-order valence-corrected chi connectivity index (χ0v) is 11.4. The van der Waals surface area contributed by atoms with Gasteiger partial charge >= 0.3 is 0 Å². The van der Waals surface area contributed by atoms with Crippen molar-refractivity contribution in [3.63, 3.8) is 0 Å². The number of benzene rings is 1. The predicted molar refractivity (Wildman–Crippen MR) is 74.1 cm³/mol. The third-order valence-corrected chi connectivity index (χ3v) is 4.16. The number of sulfonamides is 1. The molecule has 1 heterocycles. The zero-order chi connectivity index (χ0) is 13.9. The second-order valence-corrected chi connectivity index (χ2v) is 6.04. The van der Waals surface area contributed by atoms with Gasteiger partial charge in [-0.2, -0.15) is 0 Å². The molecule has 19 heavy (non-hydrogen) atoms. The number of aromatic nitrogens is 1. The van der Waals surface area contributed by atoms with Gasteiger partial charge in [-0.1, -0.05) is 17.7 Å². The molecule has 0 aliphatic heterocycles. The molecule has 2 aromatic rings. The van der Waals surface area contributed by atoms with Crippen molar-refractivity contribution >= 4 is 27.3 Å². The normalized spacial score (nSPS) is 11.4. The van der Waals surface area contributed by atoms with Crippen LogP contribution in [0.5, 0.6) is 0 Å². The van der Waals surface area contributed by atoms with E-state index in [2.05, 4.69) is 9.71 Å². The quantitative estimate of drug-likeness (QED) is 0.843. The minimum Gasteiger partial charge on any atom is -0.398 e. The second-order valence-electron chi connectivity index (χ2n) is 3.87. The van der Waals surface area contributed by atoms with E-state index in [-0.39, 0.29) is 17.1 Å². The van der Waals surface area contributed by atoms with Crippen LogP contribution < -0.4 is 10.5 Å². The Hall–Kier alpha value is -1.63. The highest BCUT2D eigenvalue weighted by atomic mass is 35.5. The number of hydrogen-bond donors (Lipinski definition) is 2. The first kappa shape index (κ1) is 13.8. The van der Waals surface area contributed by atoms with Crippen LogP contribution in [0.1, 0.15) is 5.56 Å². The summed E-state index contributed by atoms with van der Waals surface area (Å²) in [5.74, 6) is 0. The van der Waals surface area contributed by atoms with Crippen molar-refractivity contribution in [1.29, 1.82) is 0 Å². The number of nitrogens with one attached hydrogen (secondary N) is 1. The van der Waals surface area contributed by atoms with E-state index >= 15 is 0 Å². The Kier molecular flexibility index (Phi) is 4.04. The lowest BCUT2D eigenvalue weighted by molar-refractivity contribution is 0.581. The number of nitrogens with two attached hydrogens (primary N) is 1. The van der Waals surface area contributed by atoms with Gasteiger partial charge in [0.05, 0.1) is 5.69 Å². The Morgan fingerprint density at radius 2 is 2.11 bits per heavy atom. The van der Waals surface area contributed by atoms with Gasteiger partial charge in [-0.3, -0.25) is 4.98 Å². The topological polar surface area (TPSA) is 85.1 Å². The molecule has 0 saturated carbocycles. The molecule has 0 fully saturated rings. The summed E-state index contributed by atoms with van der Waals surface area (Å²) in [5, 5.41) is 0.392. The van der Waals surface area contributed by atoms with Crippen LogP contribution in [0, 0.1) is 0 Å². The van der Waals surface area contributed by atoms with Crippen molar-refractivity contribution < 1.29 is 8.42 Å². The summed E-state index contributed by atoms with van der Waals surface area (Å²) < 4.78 is 26.6. The average molecular weight is 298 g/mol. The van der Waals surface area contributed by atoms with E-state index in [4.69, 9.17) is 17.3 Å². The molecule has 0 bridgehead atoms. The van der Waals surface area contributed by atoms with E-state index in [1.807, 2.05) is 0 Å². The summed E-state index contributed by atoms with van der Waals surface area (Å²) >= 11 is 5.74. The highest BCUT2D eigenvalue weighted by Crippen LogP contribution is 2.22. The van der Waals surface area contributed by atoms with Gasteiger partial charge in [0.15, 0.2) is 0 Å². The minimum absolute atomic E-state index is 0.0146. The first-order valence-electron chi connectivity index (χ1n) is 5.42. The molecule has 0 atom stereocenters. The fourth-order valence-corrected chi connectivity index (χ4v) is 2.83. The third kappa shape index (κ3) is 3.44. The van der Waals surface area contributed by atoms with Gasteiger partial charge in [0.25, 0.3) is 0 Å². The van der Waals surface area contributed by atoms with Crippen LogP contribution in [0.4, 0.5) is 5.69 Å². The number of halogens is 1. The van der Waals surface area contributed by atoms with Crippen LogP contribution in [-0.2, 0) is 16.6 Å². The molecule has 1 aromatic heterocycles. The molecule has 0 spiro atoms. The van der Waals surface area contributed by atoms with Gasteiger partial charge in [0.2, 0.25) is 10.0 Å². The maximum atomic E-state index is 12.1. The molecule has 0 aliphatic rings. The number of anilines is 1. The minimum atomic E-state index is -3.67. The number of hydrogen-bond acceptors (Lipinski definition) is 4. The van der Waals surface area contributed by atoms with Crippen LogP contribution in [-0.4, -0.2) is 13.4 Å². The fourth-order valence-electron chi connectivity index (χ4n) is 1.52. The van der Waals surface area contributed by atoms with Gasteiger partial charge in [0.1, 0.15) is 4.90 Å². The molecular formula is C12H12ClN3O2S. The van der Waals surface area contributed by atoms with Crippen LogP contribution in [0.2, 0.25) is 5.02 Å². The molecule has 0 saturated heterocycles. The summed E-state index contributed by atoms with van der Waals surface area (Å²) in [6, 6.07) is 7.78. The number of rotatable bonds is 4. The maximum absolute atomic E-state index is 12.1. The molecule has 0 amide bonds. The first-order valence-corrected chi connectivity index (χ1v) is 7.29. The molecule has 5 nitrogen and oxygen atoms in total. The first-order chi connectivity index (χ1) is 8.99. The number of nitrogens with zero attached hydrogens (tertiary/aromatic N) is 1. The Bertz CT molecular complexity index is 675. The van der Waals surface area contributed by atoms with Gasteiger partial charge < -0.3 is 5.73 Å². The lowest BCUT2D eigenvalue weighted by atomic mass is 10.3. The Balaban J connectivity index is 2.19. The number of pyridine rings is 1. The number of nitrogen functional groups attached to an aromatic ring is 1. The largest absolute Gasteiger partial charge is 0.398 e. The summed E-state index contributed by atoms with van der Waals surface area (Å²) in [4.78, 5) is 3.92. The van der Waals surface area contributed by atoms with Crippen molar-refractivity contribution in [1.82, 2.24) is 9.71 Å². The highest BCUT2D eigenvalue weighted by Gasteiger charge is 2.17. The Labute approximate surface area is 116 Å². The molecule has 1 aromatic carbocycles. The summed E-state index contributed by atoms with van der Waals surface area (Å²) in [6.07, 6.45) is 3.21. The monoisotopic (exact) mass is 297 g/mol. The van der Waals surface area contributed by atoms with Crippen LogP contribution in [0.25, 0.3) is 0 Å². The van der Waals surface area contributed by atoms with E-state index in [0.717, 1.165) is 5.56 Å². The van der Waals surface area contributed by atoms with Crippen molar-refractivity contribution in [3.05, 3.63) is 53.3 Å². The smallest absolute Gasteiger partial charge is 0.242 e. The lowest BCUT2D eigenvalue weighted by Crippen LogP contribution is -2.24. The molecule has 3 N–H and O–H groups in total. The van der Waals surface area contributed by atoms with Gasteiger partial charge in [-0.25, -0.2) is 13.1 Å². The Morgan fingerprint density at radius 3 is 2.74 bits per heavy atom.